The van der Waals surface area contributed by atoms with Crippen LogP contribution in [-0.2, 0) is 17.5 Å². The Morgan fingerprint density at radius 3 is 2.53 bits per heavy atom. The van der Waals surface area contributed by atoms with E-state index in [-0.39, 0.29) is 11.6 Å². The van der Waals surface area contributed by atoms with Gasteiger partial charge in [-0.3, -0.25) is 4.90 Å². The summed E-state index contributed by atoms with van der Waals surface area (Å²) in [5.74, 6) is -1.60. The van der Waals surface area contributed by atoms with E-state index < -0.39 is 22.7 Å². The van der Waals surface area contributed by atoms with E-state index >= 15 is 0 Å². The zero-order chi connectivity index (χ0) is 14.0. The summed E-state index contributed by atoms with van der Waals surface area (Å²) in [5.41, 5.74) is -1.31. The molecule has 0 bridgehead atoms. The number of nitrogens with zero attached hydrogens (tertiary/aromatic N) is 2. The van der Waals surface area contributed by atoms with Gasteiger partial charge in [-0.05, 0) is 0 Å². The maximum atomic E-state index is 12.6. The van der Waals surface area contributed by atoms with Gasteiger partial charge in [0.2, 0.25) is 0 Å². The molecule has 0 radical (unpaired) electrons. The lowest BCUT2D eigenvalue weighted by Gasteiger charge is -2.25. The number of aromatic nitrogens is 1. The van der Waals surface area contributed by atoms with Crippen molar-refractivity contribution in [3.8, 4) is 0 Å². The van der Waals surface area contributed by atoms with Gasteiger partial charge in [-0.15, -0.1) is 11.3 Å². The molecule has 0 spiro atoms. The molecular formula is C10H11F3N2O3S. The van der Waals surface area contributed by atoms with E-state index in [1.807, 2.05) is 4.90 Å². The van der Waals surface area contributed by atoms with Gasteiger partial charge < -0.3 is 9.84 Å². The number of carboxylic acid groups (broad SMARTS) is 1. The van der Waals surface area contributed by atoms with E-state index in [9.17, 15) is 18.0 Å². The number of ether oxygens (including phenoxy) is 1. The van der Waals surface area contributed by atoms with Gasteiger partial charge in [-0.2, -0.15) is 13.2 Å². The van der Waals surface area contributed by atoms with Crippen molar-refractivity contribution in [3.05, 3.63) is 15.6 Å². The molecule has 0 aromatic carbocycles. The minimum Gasteiger partial charge on any atom is -0.477 e. The van der Waals surface area contributed by atoms with Crippen LogP contribution in [0.4, 0.5) is 13.2 Å². The van der Waals surface area contributed by atoms with Gasteiger partial charge in [0.1, 0.15) is 9.88 Å². The SMILES string of the molecule is O=C(O)c1sc(CN2CCOCC2)nc1C(F)(F)F. The number of thiazole rings is 1. The molecule has 1 aliphatic rings. The van der Waals surface area contributed by atoms with Crippen LogP contribution >= 0.6 is 11.3 Å². The Kier molecular flexibility index (Phi) is 4.07. The highest BCUT2D eigenvalue weighted by Crippen LogP contribution is 2.34. The minimum atomic E-state index is -4.74. The van der Waals surface area contributed by atoms with Crippen LogP contribution in [0.25, 0.3) is 0 Å². The zero-order valence-electron chi connectivity index (χ0n) is 9.74. The molecule has 1 saturated heterocycles. The predicted molar refractivity (Wildman–Crippen MR) is 60.2 cm³/mol. The normalized spacial score (nSPS) is 17.6. The Morgan fingerprint density at radius 1 is 1.42 bits per heavy atom. The zero-order valence-corrected chi connectivity index (χ0v) is 10.6. The van der Waals surface area contributed by atoms with E-state index in [4.69, 9.17) is 9.84 Å². The van der Waals surface area contributed by atoms with Gasteiger partial charge >= 0.3 is 12.1 Å². The maximum absolute atomic E-state index is 12.6. The van der Waals surface area contributed by atoms with Crippen LogP contribution in [0.5, 0.6) is 0 Å². The first-order valence-corrected chi connectivity index (χ1v) is 6.30. The fourth-order valence-electron chi connectivity index (χ4n) is 1.72. The number of alkyl halides is 3. The molecule has 0 saturated carbocycles. The van der Waals surface area contributed by atoms with Gasteiger partial charge in [0.15, 0.2) is 5.69 Å². The number of rotatable bonds is 3. The summed E-state index contributed by atoms with van der Waals surface area (Å²) >= 11 is 0.575. The Morgan fingerprint density at radius 2 is 2.05 bits per heavy atom. The second kappa shape index (κ2) is 5.43. The number of hydrogen-bond acceptors (Lipinski definition) is 5. The van der Waals surface area contributed by atoms with Crippen molar-refractivity contribution in [1.29, 1.82) is 0 Å². The average molecular weight is 296 g/mol. The van der Waals surface area contributed by atoms with Crippen molar-refractivity contribution in [2.75, 3.05) is 26.3 Å². The summed E-state index contributed by atoms with van der Waals surface area (Å²) in [6.07, 6.45) is -4.74. The molecule has 0 aliphatic carbocycles. The van der Waals surface area contributed by atoms with Gasteiger partial charge in [0.25, 0.3) is 0 Å². The van der Waals surface area contributed by atoms with Crippen LogP contribution in [0.15, 0.2) is 0 Å². The fourth-order valence-corrected chi connectivity index (χ4v) is 2.68. The highest BCUT2D eigenvalue weighted by Gasteiger charge is 2.39. The molecule has 0 unspecified atom stereocenters. The molecule has 0 amide bonds. The third-order valence-corrected chi connectivity index (χ3v) is 3.62. The molecule has 9 heteroatoms. The third kappa shape index (κ3) is 3.43. The van der Waals surface area contributed by atoms with Gasteiger partial charge in [-0.1, -0.05) is 0 Å². The lowest BCUT2D eigenvalue weighted by molar-refractivity contribution is -0.141. The highest BCUT2D eigenvalue weighted by molar-refractivity contribution is 7.13. The van der Waals surface area contributed by atoms with Crippen LogP contribution in [-0.4, -0.2) is 47.3 Å². The molecule has 2 heterocycles. The number of aromatic carboxylic acids is 1. The molecule has 1 aliphatic heterocycles. The second-order valence-electron chi connectivity index (χ2n) is 3.98. The van der Waals surface area contributed by atoms with Crippen molar-refractivity contribution in [2.45, 2.75) is 12.7 Å². The summed E-state index contributed by atoms with van der Waals surface area (Å²) < 4.78 is 43.1. The summed E-state index contributed by atoms with van der Waals surface area (Å²) in [4.78, 5) is 15.4. The van der Waals surface area contributed by atoms with Gasteiger partial charge in [0, 0.05) is 13.1 Å². The quantitative estimate of drug-likeness (QED) is 0.919. The average Bonchev–Trinajstić information content (AvgIpc) is 2.74. The minimum absolute atomic E-state index is 0.159. The molecule has 106 valence electrons. The van der Waals surface area contributed by atoms with Crippen molar-refractivity contribution in [1.82, 2.24) is 9.88 Å². The Labute approximate surface area is 110 Å². The van der Waals surface area contributed by atoms with Crippen LogP contribution < -0.4 is 0 Å². The number of carbonyl (C=O) groups is 1. The van der Waals surface area contributed by atoms with Crippen LogP contribution in [0, 0.1) is 0 Å². The maximum Gasteiger partial charge on any atom is 0.435 e. The Hall–Kier alpha value is -1.19. The van der Waals surface area contributed by atoms with Crippen LogP contribution in [0.3, 0.4) is 0 Å². The number of halogens is 3. The van der Waals surface area contributed by atoms with Crippen molar-refractivity contribution in [3.63, 3.8) is 0 Å². The van der Waals surface area contributed by atoms with E-state index in [1.54, 1.807) is 0 Å². The van der Waals surface area contributed by atoms with Crippen LogP contribution in [0.2, 0.25) is 0 Å². The Balaban J connectivity index is 2.20. The smallest absolute Gasteiger partial charge is 0.435 e. The monoisotopic (exact) mass is 296 g/mol. The second-order valence-corrected chi connectivity index (χ2v) is 5.06. The topological polar surface area (TPSA) is 62.7 Å². The fraction of sp³-hybridized carbons (Fsp3) is 0.600. The first kappa shape index (κ1) is 14.2. The van der Waals surface area contributed by atoms with E-state index in [0.29, 0.717) is 37.6 Å². The van der Waals surface area contributed by atoms with Crippen LogP contribution in [0.1, 0.15) is 20.4 Å². The Bertz CT molecular complexity index is 469. The van der Waals surface area contributed by atoms with Gasteiger partial charge in [-0.25, -0.2) is 9.78 Å². The van der Waals surface area contributed by atoms with E-state index in [2.05, 4.69) is 4.98 Å². The first-order chi connectivity index (χ1) is 8.88. The molecule has 5 nitrogen and oxygen atoms in total. The van der Waals surface area contributed by atoms with E-state index in [0.717, 1.165) is 0 Å². The summed E-state index contributed by atoms with van der Waals surface area (Å²) in [6.45, 7) is 2.45. The van der Waals surface area contributed by atoms with Crippen molar-refractivity contribution >= 4 is 17.3 Å². The molecule has 1 aromatic rings. The number of hydrogen-bond donors (Lipinski definition) is 1. The summed E-state index contributed by atoms with van der Waals surface area (Å²) in [6, 6.07) is 0. The van der Waals surface area contributed by atoms with Crippen molar-refractivity contribution in [2.24, 2.45) is 0 Å². The summed E-state index contributed by atoms with van der Waals surface area (Å²) in [7, 11) is 0. The van der Waals surface area contributed by atoms with Crippen molar-refractivity contribution < 1.29 is 27.8 Å². The molecule has 1 aromatic heterocycles. The number of morpholine rings is 1. The molecule has 0 atom stereocenters. The van der Waals surface area contributed by atoms with Gasteiger partial charge in [0.05, 0.1) is 19.8 Å². The predicted octanol–water partition coefficient (Wildman–Crippen LogP) is 1.69. The molecule has 1 fully saturated rings. The highest BCUT2D eigenvalue weighted by atomic mass is 32.1. The lowest BCUT2D eigenvalue weighted by Crippen LogP contribution is -2.35. The molecular weight excluding hydrogens is 285 g/mol. The first-order valence-electron chi connectivity index (χ1n) is 5.48. The molecule has 1 N–H and O–H groups in total. The third-order valence-electron chi connectivity index (χ3n) is 2.60. The summed E-state index contributed by atoms with van der Waals surface area (Å²) in [5, 5.41) is 8.94. The van der Waals surface area contributed by atoms with E-state index in [1.165, 1.54) is 0 Å². The lowest BCUT2D eigenvalue weighted by atomic mass is 10.3. The molecule has 2 rings (SSSR count). The molecule has 19 heavy (non-hydrogen) atoms. The largest absolute Gasteiger partial charge is 0.477 e. The standard InChI is InChI=1S/C10H11F3N2O3S/c11-10(12,13)8-7(9(16)17)19-6(14-8)5-15-1-3-18-4-2-15/h1-5H2,(H,16,17). The number of carboxylic acids is 1.